The number of nitrogens with one attached hydrogen (secondary N) is 1. The Morgan fingerprint density at radius 3 is 2.81 bits per heavy atom. The number of anilines is 1. The summed E-state index contributed by atoms with van der Waals surface area (Å²) in [5.41, 5.74) is 1.81. The number of nitrogens with zero attached hydrogens (tertiary/aromatic N) is 2. The van der Waals surface area contributed by atoms with Gasteiger partial charge < -0.3 is 10.2 Å². The molecule has 0 aromatic carbocycles. The van der Waals surface area contributed by atoms with Gasteiger partial charge in [0.15, 0.2) is 5.13 Å². The van der Waals surface area contributed by atoms with E-state index in [0.29, 0.717) is 5.41 Å². The molecule has 1 N–H and O–H groups in total. The van der Waals surface area contributed by atoms with Crippen LogP contribution in [0.3, 0.4) is 0 Å². The Balaban J connectivity index is 1.68. The predicted molar refractivity (Wildman–Crippen MR) is 91.2 cm³/mol. The average Bonchev–Trinajstić information content (AvgIpc) is 3.21. The normalized spacial score (nSPS) is 22.3. The standard InChI is InChI=1S/C17H29N3S/c1-4-14-15(12-18-13-6-7-13)21-16(19-14)20-10-5-8-17(2,3)9-11-20/h13,18H,4-12H2,1-3H3. The third-order valence-electron chi connectivity index (χ3n) is 4.84. The number of thiazole rings is 1. The Labute approximate surface area is 133 Å². The lowest BCUT2D eigenvalue weighted by atomic mass is 9.85. The van der Waals surface area contributed by atoms with E-state index in [4.69, 9.17) is 4.98 Å². The van der Waals surface area contributed by atoms with Crippen LogP contribution in [0.5, 0.6) is 0 Å². The monoisotopic (exact) mass is 307 g/mol. The summed E-state index contributed by atoms with van der Waals surface area (Å²) in [6.45, 7) is 10.4. The molecule has 3 rings (SSSR count). The van der Waals surface area contributed by atoms with Gasteiger partial charge in [0.05, 0.1) is 5.69 Å². The van der Waals surface area contributed by atoms with Crippen molar-refractivity contribution in [2.75, 3.05) is 18.0 Å². The Hall–Kier alpha value is -0.610. The van der Waals surface area contributed by atoms with Gasteiger partial charge in [-0.2, -0.15) is 0 Å². The average molecular weight is 308 g/mol. The second-order valence-electron chi connectivity index (χ2n) is 7.38. The number of hydrogen-bond donors (Lipinski definition) is 1. The molecule has 0 bridgehead atoms. The first-order valence-electron chi connectivity index (χ1n) is 8.54. The summed E-state index contributed by atoms with van der Waals surface area (Å²) < 4.78 is 0. The zero-order chi connectivity index (χ0) is 14.9. The molecule has 2 heterocycles. The van der Waals surface area contributed by atoms with Gasteiger partial charge in [-0.3, -0.25) is 0 Å². The molecular weight excluding hydrogens is 278 g/mol. The van der Waals surface area contributed by atoms with Crippen LogP contribution >= 0.6 is 11.3 Å². The van der Waals surface area contributed by atoms with E-state index in [-0.39, 0.29) is 0 Å². The van der Waals surface area contributed by atoms with Gasteiger partial charge in [-0.1, -0.05) is 20.8 Å². The van der Waals surface area contributed by atoms with E-state index >= 15 is 0 Å². The fraction of sp³-hybridized carbons (Fsp3) is 0.824. The van der Waals surface area contributed by atoms with Crippen LogP contribution in [-0.4, -0.2) is 24.1 Å². The van der Waals surface area contributed by atoms with Gasteiger partial charge in [0, 0.05) is 30.6 Å². The lowest BCUT2D eigenvalue weighted by Crippen LogP contribution is -2.24. The van der Waals surface area contributed by atoms with E-state index in [9.17, 15) is 0 Å². The van der Waals surface area contributed by atoms with Crippen molar-refractivity contribution in [2.24, 2.45) is 5.41 Å². The first-order chi connectivity index (χ1) is 10.1. The number of aryl methyl sites for hydroxylation is 1. The smallest absolute Gasteiger partial charge is 0.185 e. The lowest BCUT2D eigenvalue weighted by Gasteiger charge is -2.22. The second-order valence-corrected chi connectivity index (χ2v) is 8.44. The maximum atomic E-state index is 4.94. The number of aromatic nitrogens is 1. The second kappa shape index (κ2) is 6.25. The molecule has 0 atom stereocenters. The van der Waals surface area contributed by atoms with Crippen LogP contribution in [-0.2, 0) is 13.0 Å². The molecule has 1 aliphatic carbocycles. The van der Waals surface area contributed by atoms with E-state index in [0.717, 1.165) is 19.0 Å². The Bertz CT molecular complexity index is 476. The van der Waals surface area contributed by atoms with E-state index in [1.54, 1.807) is 0 Å². The molecule has 1 aliphatic heterocycles. The molecule has 21 heavy (non-hydrogen) atoms. The molecule has 3 nitrogen and oxygen atoms in total. The van der Waals surface area contributed by atoms with Crippen molar-refractivity contribution in [2.45, 2.75) is 71.9 Å². The van der Waals surface area contributed by atoms with Crippen molar-refractivity contribution >= 4 is 16.5 Å². The SMILES string of the molecule is CCc1nc(N2CCCC(C)(C)CC2)sc1CNC1CC1. The quantitative estimate of drug-likeness (QED) is 0.892. The van der Waals surface area contributed by atoms with Crippen molar-refractivity contribution in [3.05, 3.63) is 10.6 Å². The van der Waals surface area contributed by atoms with Crippen LogP contribution in [0.4, 0.5) is 5.13 Å². The summed E-state index contributed by atoms with van der Waals surface area (Å²) in [4.78, 5) is 8.93. The Morgan fingerprint density at radius 2 is 2.10 bits per heavy atom. The van der Waals surface area contributed by atoms with Gasteiger partial charge in [0.2, 0.25) is 0 Å². The molecule has 2 fully saturated rings. The molecule has 2 aliphatic rings. The molecule has 4 heteroatoms. The van der Waals surface area contributed by atoms with E-state index in [1.807, 2.05) is 11.3 Å². The van der Waals surface area contributed by atoms with Crippen LogP contribution in [0.1, 0.15) is 63.4 Å². The zero-order valence-electron chi connectivity index (χ0n) is 13.7. The van der Waals surface area contributed by atoms with Crippen molar-refractivity contribution in [1.82, 2.24) is 10.3 Å². The molecule has 0 radical (unpaired) electrons. The van der Waals surface area contributed by atoms with Gasteiger partial charge in [-0.15, -0.1) is 11.3 Å². The van der Waals surface area contributed by atoms with Crippen LogP contribution in [0.15, 0.2) is 0 Å². The van der Waals surface area contributed by atoms with Crippen molar-refractivity contribution in [3.63, 3.8) is 0 Å². The highest BCUT2D eigenvalue weighted by Crippen LogP contribution is 2.34. The minimum absolute atomic E-state index is 0.496. The van der Waals surface area contributed by atoms with Gasteiger partial charge in [0.25, 0.3) is 0 Å². The molecule has 1 saturated carbocycles. The van der Waals surface area contributed by atoms with Gasteiger partial charge in [-0.05, 0) is 43.9 Å². The Morgan fingerprint density at radius 1 is 1.29 bits per heavy atom. The predicted octanol–water partition coefficient (Wildman–Crippen LogP) is 3.97. The van der Waals surface area contributed by atoms with Gasteiger partial charge in [-0.25, -0.2) is 4.98 Å². The zero-order valence-corrected chi connectivity index (χ0v) is 14.6. The molecule has 1 aromatic rings. The van der Waals surface area contributed by atoms with E-state index < -0.39 is 0 Å². The highest BCUT2D eigenvalue weighted by atomic mass is 32.1. The largest absolute Gasteiger partial charge is 0.348 e. The fourth-order valence-corrected chi connectivity index (χ4v) is 4.21. The summed E-state index contributed by atoms with van der Waals surface area (Å²) >= 11 is 1.92. The van der Waals surface area contributed by atoms with Crippen molar-refractivity contribution in [1.29, 1.82) is 0 Å². The van der Waals surface area contributed by atoms with Crippen LogP contribution in [0, 0.1) is 5.41 Å². The third kappa shape index (κ3) is 3.98. The molecule has 0 unspecified atom stereocenters. The summed E-state index contributed by atoms with van der Waals surface area (Å²) in [5, 5.41) is 4.90. The molecule has 0 spiro atoms. The Kier molecular flexibility index (Phi) is 4.55. The van der Waals surface area contributed by atoms with Crippen LogP contribution in [0.25, 0.3) is 0 Å². The maximum absolute atomic E-state index is 4.94. The van der Waals surface area contributed by atoms with Gasteiger partial charge in [0.1, 0.15) is 0 Å². The first-order valence-corrected chi connectivity index (χ1v) is 9.36. The van der Waals surface area contributed by atoms with E-state index in [1.165, 1.54) is 60.9 Å². The minimum atomic E-state index is 0.496. The third-order valence-corrected chi connectivity index (χ3v) is 6.00. The molecule has 118 valence electrons. The number of rotatable bonds is 5. The first kappa shape index (κ1) is 15.3. The highest BCUT2D eigenvalue weighted by molar-refractivity contribution is 7.15. The molecular formula is C17H29N3S. The van der Waals surface area contributed by atoms with Crippen molar-refractivity contribution < 1.29 is 0 Å². The van der Waals surface area contributed by atoms with Crippen LogP contribution < -0.4 is 10.2 Å². The lowest BCUT2D eigenvalue weighted by molar-refractivity contribution is 0.325. The minimum Gasteiger partial charge on any atom is -0.348 e. The molecule has 1 aromatic heterocycles. The summed E-state index contributed by atoms with van der Waals surface area (Å²) in [6, 6.07) is 0.777. The molecule has 0 amide bonds. The van der Waals surface area contributed by atoms with E-state index in [2.05, 4.69) is 31.0 Å². The fourth-order valence-electron chi connectivity index (χ4n) is 3.06. The number of hydrogen-bond acceptors (Lipinski definition) is 4. The maximum Gasteiger partial charge on any atom is 0.185 e. The topological polar surface area (TPSA) is 28.2 Å². The summed E-state index contributed by atoms with van der Waals surface area (Å²) in [7, 11) is 0. The van der Waals surface area contributed by atoms with Crippen molar-refractivity contribution in [3.8, 4) is 0 Å². The van der Waals surface area contributed by atoms with Gasteiger partial charge >= 0.3 is 0 Å². The van der Waals surface area contributed by atoms with Crippen LogP contribution in [0.2, 0.25) is 0 Å². The highest BCUT2D eigenvalue weighted by Gasteiger charge is 2.26. The summed E-state index contributed by atoms with van der Waals surface area (Å²) in [5.74, 6) is 0. The summed E-state index contributed by atoms with van der Waals surface area (Å²) in [6.07, 6.45) is 7.68. The molecule has 1 saturated heterocycles.